The molecule has 0 amide bonds. The monoisotopic (exact) mass is 341 g/mol. The molecule has 0 saturated heterocycles. The highest BCUT2D eigenvalue weighted by atomic mass is 35.5. The van der Waals surface area contributed by atoms with Crippen molar-refractivity contribution in [2.24, 2.45) is 0 Å². The molecule has 0 radical (unpaired) electrons. The average molecular weight is 342 g/mol. The zero-order valence-electron chi connectivity index (χ0n) is 12.3. The summed E-state index contributed by atoms with van der Waals surface area (Å²) >= 11 is 11.0. The van der Waals surface area contributed by atoms with Crippen LogP contribution in [-0.2, 0) is 0 Å². The van der Waals surface area contributed by atoms with Gasteiger partial charge >= 0.3 is 0 Å². The summed E-state index contributed by atoms with van der Waals surface area (Å²) in [5.41, 5.74) is 0.628. The van der Waals surface area contributed by atoms with Gasteiger partial charge in [0.05, 0.1) is 17.3 Å². The molecule has 0 aliphatic heterocycles. The van der Waals surface area contributed by atoms with Crippen molar-refractivity contribution in [3.05, 3.63) is 53.2 Å². The van der Waals surface area contributed by atoms with Crippen molar-refractivity contribution in [1.29, 1.82) is 0 Å². The summed E-state index contributed by atoms with van der Waals surface area (Å²) in [5.74, 6) is 0.390. The van der Waals surface area contributed by atoms with Gasteiger partial charge in [-0.05, 0) is 56.6 Å². The van der Waals surface area contributed by atoms with Crippen molar-refractivity contribution < 1.29 is 8.81 Å². The summed E-state index contributed by atoms with van der Waals surface area (Å²) in [5, 5.41) is 6.57. The normalized spacial score (nSPS) is 12.2. The van der Waals surface area contributed by atoms with Gasteiger partial charge in [-0.25, -0.2) is 4.39 Å². The highest BCUT2D eigenvalue weighted by molar-refractivity contribution is 7.80. The van der Waals surface area contributed by atoms with Gasteiger partial charge < -0.3 is 15.1 Å². The molecule has 118 valence electrons. The smallest absolute Gasteiger partial charge is 0.170 e. The van der Waals surface area contributed by atoms with Crippen LogP contribution >= 0.6 is 23.8 Å². The van der Waals surface area contributed by atoms with Gasteiger partial charge in [-0.3, -0.25) is 4.90 Å². The summed E-state index contributed by atoms with van der Waals surface area (Å²) in [6.45, 7) is 0.571. The van der Waals surface area contributed by atoms with Crippen LogP contribution in [0.1, 0.15) is 11.8 Å². The van der Waals surface area contributed by atoms with E-state index in [9.17, 15) is 4.39 Å². The molecule has 22 heavy (non-hydrogen) atoms. The second-order valence-electron chi connectivity index (χ2n) is 4.96. The lowest BCUT2D eigenvalue weighted by molar-refractivity contribution is 0.259. The molecule has 2 N–H and O–H groups in total. The molecular weight excluding hydrogens is 325 g/mol. The molecule has 0 fully saturated rings. The molecule has 0 aliphatic rings. The molecule has 1 aromatic carbocycles. The predicted molar refractivity (Wildman–Crippen MR) is 90.8 cm³/mol. The maximum atomic E-state index is 13.1. The van der Waals surface area contributed by atoms with Crippen molar-refractivity contribution in [3.8, 4) is 0 Å². The third-order valence-corrected chi connectivity index (χ3v) is 3.66. The van der Waals surface area contributed by atoms with E-state index in [0.29, 0.717) is 17.3 Å². The van der Waals surface area contributed by atoms with E-state index < -0.39 is 5.82 Å². The largest absolute Gasteiger partial charge is 0.468 e. The fraction of sp³-hybridized carbons (Fsp3) is 0.267. The highest BCUT2D eigenvalue weighted by Crippen LogP contribution is 2.20. The number of furan rings is 1. The maximum absolute atomic E-state index is 13.1. The molecule has 1 atom stereocenters. The van der Waals surface area contributed by atoms with Gasteiger partial charge in [0.2, 0.25) is 0 Å². The third-order valence-electron chi connectivity index (χ3n) is 3.13. The molecule has 0 bridgehead atoms. The Balaban J connectivity index is 1.92. The molecule has 0 aliphatic carbocycles. The van der Waals surface area contributed by atoms with Gasteiger partial charge in [0, 0.05) is 12.2 Å². The number of halogens is 2. The van der Waals surface area contributed by atoms with E-state index >= 15 is 0 Å². The average Bonchev–Trinajstić information content (AvgIpc) is 2.97. The van der Waals surface area contributed by atoms with Crippen LogP contribution in [0.25, 0.3) is 0 Å². The Morgan fingerprint density at radius 3 is 2.77 bits per heavy atom. The number of likely N-dealkylation sites (N-methyl/N-ethyl adjacent to an activating group) is 1. The van der Waals surface area contributed by atoms with Gasteiger partial charge in [0.25, 0.3) is 0 Å². The van der Waals surface area contributed by atoms with Crippen molar-refractivity contribution in [3.63, 3.8) is 0 Å². The lowest BCUT2D eigenvalue weighted by Gasteiger charge is -2.23. The molecular formula is C15H17ClFN3OS. The van der Waals surface area contributed by atoms with Crippen molar-refractivity contribution in [1.82, 2.24) is 10.2 Å². The van der Waals surface area contributed by atoms with E-state index in [0.717, 1.165) is 5.76 Å². The van der Waals surface area contributed by atoms with E-state index in [-0.39, 0.29) is 11.1 Å². The molecule has 2 rings (SSSR count). The van der Waals surface area contributed by atoms with Crippen LogP contribution in [0.2, 0.25) is 5.02 Å². The molecule has 1 aromatic heterocycles. The van der Waals surface area contributed by atoms with Crippen LogP contribution < -0.4 is 10.6 Å². The van der Waals surface area contributed by atoms with E-state index in [1.807, 2.05) is 31.1 Å². The summed E-state index contributed by atoms with van der Waals surface area (Å²) in [6.07, 6.45) is 1.64. The molecule has 1 unspecified atom stereocenters. The third kappa shape index (κ3) is 4.43. The van der Waals surface area contributed by atoms with E-state index in [1.165, 1.54) is 12.1 Å². The number of benzene rings is 1. The number of hydrogen-bond donors (Lipinski definition) is 2. The fourth-order valence-corrected chi connectivity index (χ4v) is 2.34. The zero-order chi connectivity index (χ0) is 16.1. The number of nitrogens with one attached hydrogen (secondary N) is 2. The summed E-state index contributed by atoms with van der Waals surface area (Å²) in [7, 11) is 3.93. The van der Waals surface area contributed by atoms with Crippen molar-refractivity contribution in [2.45, 2.75) is 6.04 Å². The van der Waals surface area contributed by atoms with Crippen molar-refractivity contribution in [2.75, 3.05) is 26.0 Å². The number of anilines is 1. The minimum Gasteiger partial charge on any atom is -0.468 e. The van der Waals surface area contributed by atoms with Gasteiger partial charge in [-0.1, -0.05) is 11.6 Å². The number of rotatable bonds is 5. The van der Waals surface area contributed by atoms with E-state index in [2.05, 4.69) is 10.6 Å². The van der Waals surface area contributed by atoms with Crippen LogP contribution in [-0.4, -0.2) is 30.7 Å². The van der Waals surface area contributed by atoms with Gasteiger partial charge in [0.15, 0.2) is 5.11 Å². The summed E-state index contributed by atoms with van der Waals surface area (Å²) in [4.78, 5) is 2.03. The van der Waals surface area contributed by atoms with Gasteiger partial charge in [-0.15, -0.1) is 0 Å². The van der Waals surface area contributed by atoms with E-state index in [1.54, 1.807) is 12.3 Å². The SMILES string of the molecule is CN(C)C(CNC(=S)Nc1ccc(F)c(Cl)c1)c1ccco1. The van der Waals surface area contributed by atoms with Crippen LogP contribution in [0.5, 0.6) is 0 Å². The Hall–Kier alpha value is -1.63. The summed E-state index contributed by atoms with van der Waals surface area (Å²) in [6, 6.07) is 8.17. The first-order chi connectivity index (χ1) is 10.5. The quantitative estimate of drug-likeness (QED) is 0.812. The zero-order valence-corrected chi connectivity index (χ0v) is 13.8. The number of thiocarbonyl (C=S) groups is 1. The fourth-order valence-electron chi connectivity index (χ4n) is 1.96. The molecule has 7 heteroatoms. The van der Waals surface area contributed by atoms with E-state index in [4.69, 9.17) is 28.2 Å². The van der Waals surface area contributed by atoms with Crippen molar-refractivity contribution >= 4 is 34.6 Å². The topological polar surface area (TPSA) is 40.4 Å². The van der Waals surface area contributed by atoms with Crippen LogP contribution in [0.15, 0.2) is 41.0 Å². The lowest BCUT2D eigenvalue weighted by atomic mass is 10.2. The summed E-state index contributed by atoms with van der Waals surface area (Å²) < 4.78 is 18.5. The van der Waals surface area contributed by atoms with Gasteiger partial charge in [0.1, 0.15) is 11.6 Å². The Bertz CT molecular complexity index is 634. The maximum Gasteiger partial charge on any atom is 0.170 e. The molecule has 0 spiro atoms. The number of hydrogen-bond acceptors (Lipinski definition) is 3. The predicted octanol–water partition coefficient (Wildman–Crippen LogP) is 3.66. The van der Waals surface area contributed by atoms with Crippen LogP contribution in [0, 0.1) is 5.82 Å². The lowest BCUT2D eigenvalue weighted by Crippen LogP contribution is -2.36. The minimum absolute atomic E-state index is 0.0477. The first-order valence-corrected chi connectivity index (χ1v) is 7.45. The Labute approximate surface area is 139 Å². The Kier molecular flexibility index (Phi) is 5.76. The van der Waals surface area contributed by atoms with Crippen LogP contribution in [0.3, 0.4) is 0 Å². The first-order valence-electron chi connectivity index (χ1n) is 6.67. The Morgan fingerprint density at radius 2 is 2.18 bits per heavy atom. The highest BCUT2D eigenvalue weighted by Gasteiger charge is 2.17. The molecule has 0 saturated carbocycles. The number of nitrogens with zero attached hydrogens (tertiary/aromatic N) is 1. The molecule has 2 aromatic rings. The minimum atomic E-state index is -0.461. The molecule has 1 heterocycles. The van der Waals surface area contributed by atoms with Crippen LogP contribution in [0.4, 0.5) is 10.1 Å². The van der Waals surface area contributed by atoms with Gasteiger partial charge in [-0.2, -0.15) is 0 Å². The standard InChI is InChI=1S/C15H17ClFN3OS/c1-20(2)13(14-4-3-7-21-14)9-18-15(22)19-10-5-6-12(17)11(16)8-10/h3-8,13H,9H2,1-2H3,(H2,18,19,22). The Morgan fingerprint density at radius 1 is 1.41 bits per heavy atom. The molecule has 4 nitrogen and oxygen atoms in total. The second kappa shape index (κ2) is 7.58. The second-order valence-corrected chi connectivity index (χ2v) is 5.77. The first kappa shape index (κ1) is 16.7.